The third-order valence-electron chi connectivity index (χ3n) is 5.22. The lowest BCUT2D eigenvalue weighted by Gasteiger charge is -2.22. The quantitative estimate of drug-likeness (QED) is 0.319. The van der Waals surface area contributed by atoms with Gasteiger partial charge in [0, 0.05) is 24.9 Å². The van der Waals surface area contributed by atoms with Gasteiger partial charge in [-0.1, -0.05) is 52.4 Å². The molecule has 2 heterocycles. The fourth-order valence-corrected chi connectivity index (χ4v) is 5.65. The number of rotatable bonds is 7. The fourth-order valence-electron chi connectivity index (χ4n) is 3.51. The van der Waals surface area contributed by atoms with Gasteiger partial charge in [0.05, 0.1) is 14.6 Å². The van der Waals surface area contributed by atoms with Crippen LogP contribution in [0.1, 0.15) is 16.1 Å². The Morgan fingerprint density at radius 3 is 2.49 bits per heavy atom. The molecule has 0 atom stereocenters. The van der Waals surface area contributed by atoms with E-state index in [2.05, 4.69) is 10.1 Å². The van der Waals surface area contributed by atoms with Crippen LogP contribution < -0.4 is 4.90 Å². The minimum atomic E-state index is -3.49. The predicted octanol–water partition coefficient (Wildman–Crippen LogP) is 4.95. The fraction of sp³-hybridized carbons (Fsp3) is 0.261. The number of carbonyl (C=O) groups is 1. The maximum absolute atomic E-state index is 13.9. The van der Waals surface area contributed by atoms with Crippen LogP contribution in [0.3, 0.4) is 0 Å². The second kappa shape index (κ2) is 10.6. The molecule has 8 nitrogen and oxygen atoms in total. The predicted molar refractivity (Wildman–Crippen MR) is 142 cm³/mol. The standard InChI is InChI=1S/C23H23ClN4O4S2.ClH/c1-14-19(20(26-32-14)15-8-5-6-9-16(15)24)22(29)28(13-12-27(2)3)23-25-21-17(33-23)10-7-11-18(21)34(4,30)31;/h5-11H,12-13H2,1-4H3;1H. The van der Waals surface area contributed by atoms with Crippen molar-refractivity contribution in [2.75, 3.05) is 38.3 Å². The van der Waals surface area contributed by atoms with E-state index in [1.165, 1.54) is 22.3 Å². The number of aromatic nitrogens is 2. The van der Waals surface area contributed by atoms with E-state index in [9.17, 15) is 13.2 Å². The third kappa shape index (κ3) is 5.52. The zero-order chi connectivity index (χ0) is 24.6. The third-order valence-corrected chi connectivity index (χ3v) is 7.72. The van der Waals surface area contributed by atoms with Crippen LogP contribution in [0, 0.1) is 6.92 Å². The number of hydrogen-bond donors (Lipinski definition) is 0. The number of carbonyl (C=O) groups excluding carboxylic acids is 1. The van der Waals surface area contributed by atoms with Crippen LogP contribution in [0.4, 0.5) is 5.13 Å². The minimum Gasteiger partial charge on any atom is -0.360 e. The molecule has 0 radical (unpaired) electrons. The molecular weight excluding hydrogens is 531 g/mol. The average Bonchev–Trinajstić information content (AvgIpc) is 3.36. The largest absolute Gasteiger partial charge is 0.360 e. The molecule has 0 fully saturated rings. The van der Waals surface area contributed by atoms with Crippen molar-refractivity contribution >= 4 is 66.4 Å². The highest BCUT2D eigenvalue weighted by Gasteiger charge is 2.30. The number of halogens is 2. The number of benzene rings is 2. The first-order valence-electron chi connectivity index (χ1n) is 10.4. The van der Waals surface area contributed by atoms with Crippen molar-refractivity contribution in [3.05, 3.63) is 58.8 Å². The summed E-state index contributed by atoms with van der Waals surface area (Å²) in [5, 5.41) is 4.95. The highest BCUT2D eigenvalue weighted by molar-refractivity contribution is 7.91. The number of thiazole rings is 1. The van der Waals surface area contributed by atoms with Crippen molar-refractivity contribution in [3.63, 3.8) is 0 Å². The molecule has 1 amide bonds. The molecule has 0 unspecified atom stereocenters. The summed E-state index contributed by atoms with van der Waals surface area (Å²) < 4.78 is 30.6. The zero-order valence-corrected chi connectivity index (χ0v) is 22.7. The number of likely N-dealkylation sites (N-methyl/N-ethyl adjacent to an activating group) is 1. The van der Waals surface area contributed by atoms with Gasteiger partial charge in [0.15, 0.2) is 15.0 Å². The topological polar surface area (TPSA) is 96.6 Å². The van der Waals surface area contributed by atoms with Crippen molar-refractivity contribution in [2.24, 2.45) is 0 Å². The molecule has 0 aliphatic carbocycles. The minimum absolute atomic E-state index is 0. The lowest BCUT2D eigenvalue weighted by Crippen LogP contribution is -2.37. The van der Waals surface area contributed by atoms with Crippen LogP contribution in [-0.4, -0.2) is 62.8 Å². The van der Waals surface area contributed by atoms with Crippen molar-refractivity contribution in [1.29, 1.82) is 0 Å². The number of sulfone groups is 1. The summed E-state index contributed by atoms with van der Waals surface area (Å²) in [6, 6.07) is 12.1. The summed E-state index contributed by atoms with van der Waals surface area (Å²) in [6.45, 7) is 2.56. The van der Waals surface area contributed by atoms with Crippen LogP contribution in [0.25, 0.3) is 21.5 Å². The Balaban J connectivity index is 0.00000342. The van der Waals surface area contributed by atoms with Gasteiger partial charge >= 0.3 is 0 Å². The molecule has 2 aromatic heterocycles. The second-order valence-corrected chi connectivity index (χ2v) is 11.5. The zero-order valence-electron chi connectivity index (χ0n) is 19.5. The van der Waals surface area contributed by atoms with Gasteiger partial charge in [-0.3, -0.25) is 9.69 Å². The molecule has 0 bridgehead atoms. The van der Waals surface area contributed by atoms with E-state index in [4.69, 9.17) is 16.1 Å². The summed E-state index contributed by atoms with van der Waals surface area (Å²) in [5.41, 5.74) is 1.57. The molecule has 0 aliphatic rings. The Morgan fingerprint density at radius 1 is 1.11 bits per heavy atom. The van der Waals surface area contributed by atoms with Gasteiger partial charge in [0.1, 0.15) is 22.5 Å². The van der Waals surface area contributed by atoms with Crippen molar-refractivity contribution in [1.82, 2.24) is 15.0 Å². The van der Waals surface area contributed by atoms with Gasteiger partial charge < -0.3 is 9.42 Å². The van der Waals surface area contributed by atoms with E-state index in [1.54, 1.807) is 37.3 Å². The normalized spacial score (nSPS) is 11.6. The Bertz CT molecular complexity index is 1480. The molecule has 0 saturated heterocycles. The van der Waals surface area contributed by atoms with Crippen molar-refractivity contribution in [2.45, 2.75) is 11.8 Å². The van der Waals surface area contributed by atoms with Gasteiger partial charge in [-0.05, 0) is 39.2 Å². The smallest absolute Gasteiger partial charge is 0.266 e. The van der Waals surface area contributed by atoms with E-state index in [1.807, 2.05) is 25.1 Å². The van der Waals surface area contributed by atoms with E-state index in [-0.39, 0.29) is 28.8 Å². The lowest BCUT2D eigenvalue weighted by atomic mass is 10.1. The SMILES string of the molecule is Cc1onc(-c2ccccc2Cl)c1C(=O)N(CCN(C)C)c1nc2c(S(C)(=O)=O)cccc2s1.Cl. The Kier molecular flexibility index (Phi) is 8.23. The van der Waals surface area contributed by atoms with Crippen LogP contribution in [0.15, 0.2) is 51.9 Å². The highest BCUT2D eigenvalue weighted by Crippen LogP contribution is 2.36. The summed E-state index contributed by atoms with van der Waals surface area (Å²) in [6.07, 6.45) is 1.14. The van der Waals surface area contributed by atoms with Crippen molar-refractivity contribution in [3.8, 4) is 11.3 Å². The molecule has 4 rings (SSSR count). The number of hydrogen-bond acceptors (Lipinski definition) is 8. The van der Waals surface area contributed by atoms with Gasteiger partial charge in [0.2, 0.25) is 0 Å². The maximum atomic E-state index is 13.9. The molecule has 0 saturated carbocycles. The van der Waals surface area contributed by atoms with E-state index in [0.29, 0.717) is 50.5 Å². The Morgan fingerprint density at radius 2 is 1.83 bits per heavy atom. The molecule has 2 aromatic carbocycles. The summed E-state index contributed by atoms with van der Waals surface area (Å²) in [7, 11) is 0.318. The molecular formula is C23H24Cl2N4O4S2. The van der Waals surface area contributed by atoms with Crippen LogP contribution in [-0.2, 0) is 9.84 Å². The van der Waals surface area contributed by atoms with Crippen molar-refractivity contribution < 1.29 is 17.7 Å². The molecule has 186 valence electrons. The molecule has 12 heteroatoms. The maximum Gasteiger partial charge on any atom is 0.266 e. The first-order chi connectivity index (χ1) is 16.1. The molecule has 0 N–H and O–H groups in total. The number of fused-ring (bicyclic) bond motifs is 1. The lowest BCUT2D eigenvalue weighted by molar-refractivity contribution is 0.0984. The monoisotopic (exact) mass is 554 g/mol. The van der Waals surface area contributed by atoms with Gasteiger partial charge in [-0.25, -0.2) is 13.4 Å². The van der Waals surface area contributed by atoms with Crippen LogP contribution >= 0.6 is 35.3 Å². The van der Waals surface area contributed by atoms with Crippen LogP contribution in [0.5, 0.6) is 0 Å². The van der Waals surface area contributed by atoms with E-state index < -0.39 is 9.84 Å². The second-order valence-electron chi connectivity index (χ2n) is 8.07. The van der Waals surface area contributed by atoms with E-state index >= 15 is 0 Å². The number of para-hydroxylation sites is 1. The summed E-state index contributed by atoms with van der Waals surface area (Å²) in [4.78, 5) is 22.1. The molecule has 0 spiro atoms. The Labute approximate surface area is 218 Å². The average molecular weight is 556 g/mol. The number of amides is 1. The number of aryl methyl sites for hydroxylation is 1. The molecule has 4 aromatic rings. The first-order valence-corrected chi connectivity index (χ1v) is 13.4. The van der Waals surface area contributed by atoms with Crippen LogP contribution in [0.2, 0.25) is 5.02 Å². The highest BCUT2D eigenvalue weighted by atomic mass is 35.5. The Hall–Kier alpha value is -2.50. The molecule has 0 aliphatic heterocycles. The summed E-state index contributed by atoms with van der Waals surface area (Å²) >= 11 is 7.63. The summed E-state index contributed by atoms with van der Waals surface area (Å²) in [5.74, 6) is 0.00295. The first kappa shape index (κ1) is 27.1. The van der Waals surface area contributed by atoms with Gasteiger partial charge in [-0.2, -0.15) is 0 Å². The van der Waals surface area contributed by atoms with E-state index in [0.717, 1.165) is 6.26 Å². The number of anilines is 1. The van der Waals surface area contributed by atoms with Gasteiger partial charge in [-0.15, -0.1) is 12.4 Å². The number of nitrogens with zero attached hydrogens (tertiary/aromatic N) is 4. The van der Waals surface area contributed by atoms with Gasteiger partial charge in [0.25, 0.3) is 5.91 Å². The molecule has 35 heavy (non-hydrogen) atoms.